The van der Waals surface area contributed by atoms with Crippen molar-refractivity contribution >= 4 is 43.6 Å². The molecular formula is C56H78N6O19S2. The molecule has 4 fully saturated rings. The molecular weight excluding hydrogens is 1120 g/mol. The van der Waals surface area contributed by atoms with Gasteiger partial charge in [-0.15, -0.1) is 0 Å². The first kappa shape index (κ1) is 67.5. The maximum absolute atomic E-state index is 13.6. The van der Waals surface area contributed by atoms with Crippen LogP contribution in [0.1, 0.15) is 91.2 Å². The van der Waals surface area contributed by atoms with Crippen molar-refractivity contribution in [1.29, 1.82) is 0 Å². The van der Waals surface area contributed by atoms with Gasteiger partial charge >= 0.3 is 12.2 Å². The fraction of sp³-hybridized carbons (Fsp3) is 0.536. The molecule has 0 bridgehead atoms. The fourth-order valence-corrected chi connectivity index (χ4v) is 10.2. The highest BCUT2D eigenvalue weighted by atomic mass is 32.2. The second kappa shape index (κ2) is 32.7. The van der Waals surface area contributed by atoms with E-state index < -0.39 is 72.0 Å². The van der Waals surface area contributed by atoms with Gasteiger partial charge in [-0.25, -0.2) is 26.4 Å². The Morgan fingerprint density at radius 3 is 1.51 bits per heavy atom. The van der Waals surface area contributed by atoms with Crippen molar-refractivity contribution in [3.63, 3.8) is 0 Å². The summed E-state index contributed by atoms with van der Waals surface area (Å²) in [6, 6.07) is 27.2. The molecule has 458 valence electrons. The molecule has 83 heavy (non-hydrogen) atoms. The van der Waals surface area contributed by atoms with E-state index in [0.717, 1.165) is 73.7 Å². The average molecular weight is 1200 g/mol. The van der Waals surface area contributed by atoms with E-state index in [1.54, 1.807) is 20.8 Å². The normalized spacial score (nSPS) is 17.8. The molecule has 27 heteroatoms. The number of aliphatic hydroxyl groups is 1. The largest absolute Gasteiger partial charge is 0.444 e. The first-order valence-corrected chi connectivity index (χ1v) is 30.2. The van der Waals surface area contributed by atoms with Crippen LogP contribution in [-0.2, 0) is 71.0 Å². The van der Waals surface area contributed by atoms with Crippen LogP contribution in [0.4, 0.5) is 21.0 Å². The van der Waals surface area contributed by atoms with Crippen LogP contribution >= 0.6 is 0 Å². The number of non-ortho nitro benzene ring substituents is 2. The van der Waals surface area contributed by atoms with Gasteiger partial charge in [-0.05, 0) is 128 Å². The third kappa shape index (κ3) is 25.3. The summed E-state index contributed by atoms with van der Waals surface area (Å²) in [7, 11) is -8.20. The summed E-state index contributed by atoms with van der Waals surface area (Å²) in [5.41, 5.74) is 0.270. The Balaban J connectivity index is 0.000000238. The van der Waals surface area contributed by atoms with E-state index in [1.807, 2.05) is 86.3 Å². The van der Waals surface area contributed by atoms with Crippen LogP contribution in [-0.4, -0.2) is 149 Å². The van der Waals surface area contributed by atoms with Crippen LogP contribution < -0.4 is 15.5 Å². The number of alkyl carbamates (subject to hydrolysis) is 2. The summed E-state index contributed by atoms with van der Waals surface area (Å²) in [6.07, 6.45) is 2.42. The highest BCUT2D eigenvalue weighted by Crippen LogP contribution is 2.25. The van der Waals surface area contributed by atoms with Crippen molar-refractivity contribution in [1.82, 2.24) is 20.0 Å². The highest BCUT2D eigenvalue weighted by molar-refractivity contribution is 7.89. The van der Waals surface area contributed by atoms with Gasteiger partial charge in [0.25, 0.3) is 31.4 Å². The standard InChI is InChI=1S/C26H35N3O9S.C15H21NO3.C11H14N2O6S.C4H8O/c1-26(2,3)37-25(31)27-23(17-19-7-5-4-6-8-19)24(30)18-28(38-21-13-15-36-16-14-21)39(34,35)22-11-9-20(10-12-22)29(32)33;1-15(2,3)19-14(17)16-12(13-10-18-13)9-11-7-5-4-6-8-11;14-13(15)9-1-3-11(4-2-9)20(16,17)12-19-10-5-7-18-8-6-10;1-2-4-5-3-1/h4-12,21,23-24,30H,13-18H2,1-3H3,(H,27,31);4-8,12-13H,9-10H2,1-3H3,(H,16,17);1-4,10,12H,5-8H2;1-4H2/t23-,24?;12-,13?;;/m00../s1. The van der Waals surface area contributed by atoms with Crippen LogP contribution in [0.5, 0.6) is 0 Å². The third-order valence-corrected chi connectivity index (χ3v) is 15.2. The summed E-state index contributed by atoms with van der Waals surface area (Å²) in [5.74, 6) is 0. The number of carbonyl (C=O) groups is 2. The van der Waals surface area contributed by atoms with Crippen molar-refractivity contribution in [3.05, 3.63) is 141 Å². The van der Waals surface area contributed by atoms with E-state index in [-0.39, 0.29) is 51.9 Å². The number of nitrogens with zero attached hydrogens (tertiary/aromatic N) is 3. The number of nitro groups is 2. The topological polar surface area (TPSA) is 325 Å². The van der Waals surface area contributed by atoms with E-state index in [4.69, 9.17) is 38.1 Å². The average Bonchev–Trinajstić information content (AvgIpc) is 4.27. The van der Waals surface area contributed by atoms with Crippen molar-refractivity contribution in [2.75, 3.05) is 52.8 Å². The number of ether oxygens (including phenoxy) is 6. The van der Waals surface area contributed by atoms with Gasteiger partial charge in [-0.1, -0.05) is 70.0 Å². The summed E-state index contributed by atoms with van der Waals surface area (Å²) in [6.45, 7) is 14.7. The van der Waals surface area contributed by atoms with E-state index in [2.05, 4.69) is 10.6 Å². The number of aliphatic hydroxyl groups excluding tert-OH is 1. The molecule has 4 saturated heterocycles. The molecule has 4 N–H and O–H groups in total. The van der Waals surface area contributed by atoms with Crippen LogP contribution in [0, 0.1) is 20.2 Å². The van der Waals surface area contributed by atoms with E-state index in [0.29, 0.717) is 63.2 Å². The molecule has 4 heterocycles. The van der Waals surface area contributed by atoms with Crippen molar-refractivity contribution in [2.45, 2.75) is 150 Å². The molecule has 2 unspecified atom stereocenters. The number of epoxide rings is 1. The molecule has 4 atom stereocenters. The highest BCUT2D eigenvalue weighted by Gasteiger charge is 2.37. The number of nitro benzene ring substituents is 2. The molecule has 4 aromatic carbocycles. The minimum Gasteiger partial charge on any atom is -0.444 e. The summed E-state index contributed by atoms with van der Waals surface area (Å²) < 4.78 is 83.1. The van der Waals surface area contributed by atoms with Gasteiger partial charge in [0.1, 0.15) is 17.3 Å². The zero-order chi connectivity index (χ0) is 60.6. The van der Waals surface area contributed by atoms with Gasteiger partial charge in [0, 0.05) is 63.9 Å². The Hall–Kier alpha value is -6.24. The Morgan fingerprint density at radius 1 is 0.639 bits per heavy atom. The van der Waals surface area contributed by atoms with Crippen LogP contribution in [0.15, 0.2) is 119 Å². The van der Waals surface area contributed by atoms with Gasteiger partial charge < -0.3 is 44.2 Å². The number of hydroxylamine groups is 1. The van der Waals surface area contributed by atoms with Crippen molar-refractivity contribution in [2.24, 2.45) is 0 Å². The van der Waals surface area contributed by atoms with Gasteiger partial charge in [-0.3, -0.25) is 29.9 Å². The minimum absolute atomic E-state index is 0.0303. The summed E-state index contributed by atoms with van der Waals surface area (Å²) in [4.78, 5) is 57.4. The number of carbonyl (C=O) groups excluding carboxylic acids is 2. The Kier molecular flexibility index (Phi) is 26.6. The molecule has 4 aliphatic rings. The lowest BCUT2D eigenvalue weighted by molar-refractivity contribution is -0.385. The molecule has 8 rings (SSSR count). The van der Waals surface area contributed by atoms with Crippen molar-refractivity contribution < 1.29 is 79.5 Å². The van der Waals surface area contributed by atoms with E-state index in [1.165, 1.54) is 18.4 Å². The zero-order valence-electron chi connectivity index (χ0n) is 47.6. The summed E-state index contributed by atoms with van der Waals surface area (Å²) in [5, 5.41) is 38.4. The molecule has 0 spiro atoms. The molecule has 4 aliphatic heterocycles. The van der Waals surface area contributed by atoms with E-state index >= 15 is 0 Å². The summed E-state index contributed by atoms with van der Waals surface area (Å²) >= 11 is 0. The third-order valence-electron chi connectivity index (χ3n) is 12.3. The lowest BCUT2D eigenvalue weighted by atomic mass is 10.0. The first-order chi connectivity index (χ1) is 39.3. The predicted molar refractivity (Wildman–Crippen MR) is 303 cm³/mol. The molecule has 2 amide bonds. The second-order valence-corrected chi connectivity index (χ2v) is 25.0. The van der Waals surface area contributed by atoms with Gasteiger partial charge in [0.2, 0.25) is 0 Å². The molecule has 25 nitrogen and oxygen atoms in total. The van der Waals surface area contributed by atoms with Gasteiger partial charge in [0.15, 0.2) is 0 Å². The fourth-order valence-electron chi connectivity index (χ4n) is 8.01. The lowest BCUT2D eigenvalue weighted by Gasteiger charge is -2.32. The molecule has 4 aromatic rings. The maximum atomic E-state index is 13.6. The monoisotopic (exact) mass is 1200 g/mol. The molecule has 0 saturated carbocycles. The predicted octanol–water partition coefficient (Wildman–Crippen LogP) is 7.49. The van der Waals surface area contributed by atoms with Gasteiger partial charge in [-0.2, -0.15) is 0 Å². The quantitative estimate of drug-likeness (QED) is 0.0378. The zero-order valence-corrected chi connectivity index (χ0v) is 49.3. The number of hydrogen-bond donors (Lipinski definition) is 4. The number of amides is 2. The number of rotatable bonds is 20. The Labute approximate surface area is 484 Å². The molecule has 0 radical (unpaired) electrons. The van der Waals surface area contributed by atoms with E-state index in [9.17, 15) is 51.8 Å². The number of sulfonamides is 2. The number of nitrogens with one attached hydrogen (secondary N) is 3. The molecule has 0 aromatic heterocycles. The number of benzene rings is 4. The van der Waals surface area contributed by atoms with Crippen LogP contribution in [0.25, 0.3) is 0 Å². The SMILES string of the molecule is C1CCOC1.CC(C)(C)OC(=O)N[C@@H](Cc1ccccc1)C(O)CN(OC1CCOCC1)S(=O)(=O)c1ccc([N+](=O)[O-])cc1.CC(C)(C)OC(=O)N[C@@H](Cc1ccccc1)C1CO1.O=[N+]([O-])c1ccc(S(=O)(=O)NOC2CCOCC2)cc1. The number of hydrogen-bond acceptors (Lipinski definition) is 19. The minimum atomic E-state index is -4.36. The first-order valence-electron chi connectivity index (χ1n) is 27.2. The maximum Gasteiger partial charge on any atom is 0.407 e. The van der Waals surface area contributed by atoms with Crippen molar-refractivity contribution in [3.8, 4) is 0 Å². The van der Waals surface area contributed by atoms with Gasteiger partial charge in [0.05, 0.1) is 63.2 Å². The van der Waals surface area contributed by atoms with Crippen LogP contribution in [0.3, 0.4) is 0 Å². The Morgan fingerprint density at radius 2 is 1.07 bits per heavy atom. The lowest BCUT2D eigenvalue weighted by Crippen LogP contribution is -2.52. The van der Waals surface area contributed by atoms with Crippen LogP contribution in [0.2, 0.25) is 0 Å². The molecule has 0 aliphatic carbocycles. The Bertz CT molecular complexity index is 2830. The smallest absolute Gasteiger partial charge is 0.407 e. The second-order valence-electron chi connectivity index (χ2n) is 21.6.